The predicted octanol–water partition coefficient (Wildman–Crippen LogP) is 1.85. The molecule has 1 aliphatic heterocycles. The largest absolute Gasteiger partial charge is 0.492 e. The Morgan fingerprint density at radius 2 is 2.04 bits per heavy atom. The molecule has 0 aromatic heterocycles. The average Bonchev–Trinajstić information content (AvgIpc) is 2.68. The summed E-state index contributed by atoms with van der Waals surface area (Å²) in [5.41, 5.74) is 6.96. The molecule has 1 heterocycles. The van der Waals surface area contributed by atoms with Gasteiger partial charge in [0.1, 0.15) is 12.4 Å². The molecule has 7 nitrogen and oxygen atoms in total. The Labute approximate surface area is 179 Å². The van der Waals surface area contributed by atoms with E-state index in [2.05, 4.69) is 15.2 Å². The van der Waals surface area contributed by atoms with Crippen LogP contribution in [-0.2, 0) is 16.0 Å². The summed E-state index contributed by atoms with van der Waals surface area (Å²) < 4.78 is 16.6. The van der Waals surface area contributed by atoms with E-state index in [0.29, 0.717) is 19.1 Å². The first-order valence-electron chi connectivity index (χ1n) is 9.42. The molecule has 0 bridgehead atoms. The fourth-order valence-electron chi connectivity index (χ4n) is 2.65. The highest BCUT2D eigenvalue weighted by Gasteiger charge is 2.10. The Morgan fingerprint density at radius 1 is 1.26 bits per heavy atom. The van der Waals surface area contributed by atoms with Crippen LogP contribution in [0.1, 0.15) is 18.9 Å². The Kier molecular flexibility index (Phi) is 13.2. The fraction of sp³-hybridized carbons (Fsp3) is 0.632. The first-order valence-corrected chi connectivity index (χ1v) is 9.42. The maximum Gasteiger partial charge on any atom is 0.188 e. The molecule has 0 saturated carbocycles. The van der Waals surface area contributed by atoms with E-state index in [1.165, 1.54) is 0 Å². The quantitative estimate of drug-likeness (QED) is 0.213. The molecule has 0 spiro atoms. The molecule has 1 aromatic carbocycles. The van der Waals surface area contributed by atoms with E-state index >= 15 is 0 Å². The van der Waals surface area contributed by atoms with Crippen molar-refractivity contribution in [2.24, 2.45) is 10.7 Å². The van der Waals surface area contributed by atoms with Crippen molar-refractivity contribution in [2.75, 3.05) is 59.2 Å². The number of hydrogen-bond donors (Lipinski definition) is 2. The summed E-state index contributed by atoms with van der Waals surface area (Å²) in [6, 6.07) is 7.98. The Morgan fingerprint density at radius 3 is 2.81 bits per heavy atom. The lowest BCUT2D eigenvalue weighted by Crippen LogP contribution is -2.38. The number of rotatable bonds is 11. The van der Waals surface area contributed by atoms with Crippen LogP contribution in [0.25, 0.3) is 0 Å². The number of ether oxygens (including phenoxy) is 3. The number of para-hydroxylation sites is 1. The minimum atomic E-state index is 0. The zero-order valence-electron chi connectivity index (χ0n) is 16.2. The lowest BCUT2D eigenvalue weighted by Gasteiger charge is -2.26. The monoisotopic (exact) mass is 492 g/mol. The van der Waals surface area contributed by atoms with E-state index in [4.69, 9.17) is 19.9 Å². The lowest BCUT2D eigenvalue weighted by atomic mass is 10.2. The van der Waals surface area contributed by atoms with Crippen LogP contribution in [0.5, 0.6) is 5.75 Å². The van der Waals surface area contributed by atoms with E-state index in [-0.39, 0.29) is 24.0 Å². The average molecular weight is 492 g/mol. The Balaban J connectivity index is 0.00000364. The van der Waals surface area contributed by atoms with E-state index < -0.39 is 0 Å². The van der Waals surface area contributed by atoms with Crippen LogP contribution in [-0.4, -0.2) is 70.1 Å². The van der Waals surface area contributed by atoms with E-state index in [1.54, 1.807) is 0 Å². The van der Waals surface area contributed by atoms with Gasteiger partial charge in [0.2, 0.25) is 0 Å². The number of halogens is 1. The van der Waals surface area contributed by atoms with Crippen molar-refractivity contribution in [2.45, 2.75) is 19.9 Å². The topological polar surface area (TPSA) is 81.3 Å². The van der Waals surface area contributed by atoms with Gasteiger partial charge >= 0.3 is 0 Å². The molecule has 0 unspecified atom stereocenters. The van der Waals surface area contributed by atoms with Gasteiger partial charge in [-0.05, 0) is 19.4 Å². The Bertz CT molecular complexity index is 539. The molecule has 1 aromatic rings. The van der Waals surface area contributed by atoms with Gasteiger partial charge in [-0.3, -0.25) is 4.90 Å². The third kappa shape index (κ3) is 10.1. The van der Waals surface area contributed by atoms with Gasteiger partial charge in [-0.25, -0.2) is 4.99 Å². The zero-order valence-corrected chi connectivity index (χ0v) is 18.5. The van der Waals surface area contributed by atoms with Crippen LogP contribution in [0.4, 0.5) is 0 Å². The van der Waals surface area contributed by atoms with Crippen LogP contribution in [0, 0.1) is 0 Å². The van der Waals surface area contributed by atoms with Crippen molar-refractivity contribution in [1.82, 2.24) is 10.2 Å². The molecule has 1 aliphatic rings. The molecule has 3 N–H and O–H groups in total. The van der Waals surface area contributed by atoms with Crippen molar-refractivity contribution in [1.29, 1.82) is 0 Å². The van der Waals surface area contributed by atoms with Gasteiger partial charge in [0.05, 0.1) is 19.8 Å². The Hall–Kier alpha value is -1.10. The van der Waals surface area contributed by atoms with E-state index in [1.807, 2.05) is 31.2 Å². The molecule has 2 rings (SSSR count). The highest BCUT2D eigenvalue weighted by molar-refractivity contribution is 14.0. The summed E-state index contributed by atoms with van der Waals surface area (Å²) in [4.78, 5) is 6.76. The molecule has 0 atom stereocenters. The number of benzene rings is 1. The number of nitrogens with zero attached hydrogens (tertiary/aromatic N) is 2. The van der Waals surface area contributed by atoms with E-state index in [9.17, 15) is 0 Å². The second-order valence-corrected chi connectivity index (χ2v) is 6.09. The number of hydrogen-bond acceptors (Lipinski definition) is 5. The third-order valence-corrected chi connectivity index (χ3v) is 4.14. The minimum Gasteiger partial charge on any atom is -0.492 e. The zero-order chi connectivity index (χ0) is 18.5. The van der Waals surface area contributed by atoms with Crippen LogP contribution in [0.3, 0.4) is 0 Å². The van der Waals surface area contributed by atoms with Crippen molar-refractivity contribution in [3.63, 3.8) is 0 Å². The van der Waals surface area contributed by atoms with Gasteiger partial charge in [0.25, 0.3) is 0 Å². The summed E-state index contributed by atoms with van der Waals surface area (Å²) in [6.45, 7) is 9.85. The van der Waals surface area contributed by atoms with Crippen molar-refractivity contribution >= 4 is 29.9 Å². The van der Waals surface area contributed by atoms with Gasteiger partial charge in [-0.2, -0.15) is 0 Å². The van der Waals surface area contributed by atoms with E-state index in [0.717, 1.165) is 70.3 Å². The molecule has 0 aliphatic carbocycles. The maximum atomic E-state index is 5.97. The maximum absolute atomic E-state index is 5.97. The molecule has 8 heteroatoms. The van der Waals surface area contributed by atoms with Gasteiger partial charge in [0, 0.05) is 45.0 Å². The summed E-state index contributed by atoms with van der Waals surface area (Å²) >= 11 is 0. The van der Waals surface area contributed by atoms with Crippen molar-refractivity contribution in [3.8, 4) is 5.75 Å². The number of aliphatic imine (C=N–C) groups is 1. The van der Waals surface area contributed by atoms with Crippen LogP contribution in [0.15, 0.2) is 29.3 Å². The molecule has 27 heavy (non-hydrogen) atoms. The second-order valence-electron chi connectivity index (χ2n) is 6.09. The molecular formula is C19H33IN4O3. The third-order valence-electron chi connectivity index (χ3n) is 4.14. The molecule has 0 radical (unpaired) electrons. The molecule has 1 fully saturated rings. The van der Waals surface area contributed by atoms with Crippen LogP contribution >= 0.6 is 24.0 Å². The summed E-state index contributed by atoms with van der Waals surface area (Å²) in [6.07, 6.45) is 0.908. The van der Waals surface area contributed by atoms with Gasteiger partial charge in [-0.15, -0.1) is 24.0 Å². The van der Waals surface area contributed by atoms with Gasteiger partial charge in [0.15, 0.2) is 5.96 Å². The first-order chi connectivity index (χ1) is 12.8. The SMILES string of the molecule is CCOCCCNC(N)=NCc1ccccc1OCCN1CCOCC1.I. The van der Waals surface area contributed by atoms with Crippen molar-refractivity contribution in [3.05, 3.63) is 29.8 Å². The van der Waals surface area contributed by atoms with Gasteiger partial charge in [-0.1, -0.05) is 18.2 Å². The normalized spacial score (nSPS) is 15.2. The first kappa shape index (κ1) is 23.9. The highest BCUT2D eigenvalue weighted by atomic mass is 127. The summed E-state index contributed by atoms with van der Waals surface area (Å²) in [7, 11) is 0. The number of nitrogens with one attached hydrogen (secondary N) is 1. The molecule has 1 saturated heterocycles. The molecule has 0 amide bonds. The summed E-state index contributed by atoms with van der Waals surface area (Å²) in [5.74, 6) is 1.32. The van der Waals surface area contributed by atoms with Gasteiger partial charge < -0.3 is 25.3 Å². The molecular weight excluding hydrogens is 459 g/mol. The predicted molar refractivity (Wildman–Crippen MR) is 119 cm³/mol. The smallest absolute Gasteiger partial charge is 0.188 e. The fourth-order valence-corrected chi connectivity index (χ4v) is 2.65. The number of morpholine rings is 1. The van der Waals surface area contributed by atoms with Crippen LogP contribution < -0.4 is 15.8 Å². The van der Waals surface area contributed by atoms with Crippen LogP contribution in [0.2, 0.25) is 0 Å². The standard InChI is InChI=1S/C19H32N4O3.HI/c1-2-24-12-5-8-21-19(20)22-16-17-6-3-4-7-18(17)26-15-11-23-9-13-25-14-10-23;/h3-4,6-7H,2,5,8-16H2,1H3,(H3,20,21,22);1H. The van der Waals surface area contributed by atoms with Crippen molar-refractivity contribution < 1.29 is 14.2 Å². The molecule has 154 valence electrons. The number of nitrogens with two attached hydrogens (primary N) is 1. The summed E-state index contributed by atoms with van der Waals surface area (Å²) in [5, 5.41) is 3.11. The lowest BCUT2D eigenvalue weighted by molar-refractivity contribution is 0.0322. The highest BCUT2D eigenvalue weighted by Crippen LogP contribution is 2.18. The minimum absolute atomic E-state index is 0. The number of guanidine groups is 1. The second kappa shape index (κ2) is 14.9.